The van der Waals surface area contributed by atoms with Gasteiger partial charge in [-0.15, -0.1) is 0 Å². The molecule has 0 radical (unpaired) electrons. The lowest BCUT2D eigenvalue weighted by Gasteiger charge is -2.25. The van der Waals surface area contributed by atoms with Crippen LogP contribution >= 0.6 is 0 Å². The molecule has 1 amide bonds. The Balaban J connectivity index is 1.80. The molecule has 2 aromatic carbocycles. The zero-order chi connectivity index (χ0) is 18.4. The normalized spacial score (nSPS) is 11.9. The number of benzene rings is 2. The van der Waals surface area contributed by atoms with Crippen LogP contribution in [0.1, 0.15) is 36.1 Å². The number of carbonyl (C=O) groups is 1. The molecule has 3 heteroatoms. The lowest BCUT2D eigenvalue weighted by Crippen LogP contribution is -2.32. The minimum Gasteiger partial charge on any atom is -0.346 e. The highest BCUT2D eigenvalue weighted by atomic mass is 16.2. The maximum absolute atomic E-state index is 13.1. The number of aromatic nitrogens is 1. The van der Waals surface area contributed by atoms with Gasteiger partial charge in [0.1, 0.15) is 0 Å². The van der Waals surface area contributed by atoms with Gasteiger partial charge in [-0.2, -0.15) is 0 Å². The van der Waals surface area contributed by atoms with E-state index in [9.17, 15) is 4.79 Å². The molecule has 0 aliphatic rings. The zero-order valence-corrected chi connectivity index (χ0v) is 15.5. The summed E-state index contributed by atoms with van der Waals surface area (Å²) >= 11 is 0. The maximum Gasteiger partial charge on any atom is 0.225 e. The Bertz CT molecular complexity index is 824. The van der Waals surface area contributed by atoms with Crippen molar-refractivity contribution in [3.05, 3.63) is 95.8 Å². The van der Waals surface area contributed by atoms with Gasteiger partial charge in [0.2, 0.25) is 5.91 Å². The molecular weight excluding hydrogens is 320 g/mol. The van der Waals surface area contributed by atoms with Gasteiger partial charge in [0.25, 0.3) is 0 Å². The van der Waals surface area contributed by atoms with Crippen molar-refractivity contribution in [1.29, 1.82) is 0 Å². The Morgan fingerprint density at radius 1 is 1.00 bits per heavy atom. The third-order valence-electron chi connectivity index (χ3n) is 4.73. The van der Waals surface area contributed by atoms with Crippen LogP contribution in [0.4, 0.5) is 0 Å². The quantitative estimate of drug-likeness (QED) is 0.602. The van der Waals surface area contributed by atoms with Gasteiger partial charge in [0, 0.05) is 25.5 Å². The van der Waals surface area contributed by atoms with Gasteiger partial charge in [0.05, 0.1) is 12.5 Å². The van der Waals surface area contributed by atoms with Gasteiger partial charge in [-0.05, 0) is 37.1 Å². The number of hydrogen-bond acceptors (Lipinski definition) is 1. The first-order chi connectivity index (χ1) is 12.7. The van der Waals surface area contributed by atoms with E-state index in [1.165, 1.54) is 11.1 Å². The molecule has 3 aromatic rings. The van der Waals surface area contributed by atoms with E-state index < -0.39 is 0 Å². The number of rotatable bonds is 7. The second-order valence-corrected chi connectivity index (χ2v) is 6.66. The Kier molecular flexibility index (Phi) is 5.90. The van der Waals surface area contributed by atoms with Gasteiger partial charge in [0.15, 0.2) is 0 Å². The number of carbonyl (C=O) groups excluding carboxylic acids is 1. The molecule has 0 saturated carbocycles. The fourth-order valence-corrected chi connectivity index (χ4v) is 3.30. The van der Waals surface area contributed by atoms with Crippen LogP contribution in [0.25, 0.3) is 0 Å². The SMILES string of the molecule is CCN(Cc1ccccc1)C(=O)CC(c1cccc(C)c1)n1cccc1. The molecule has 0 N–H and O–H groups in total. The van der Waals surface area contributed by atoms with Gasteiger partial charge in [-0.3, -0.25) is 4.79 Å². The molecule has 1 heterocycles. The molecule has 0 spiro atoms. The van der Waals surface area contributed by atoms with Crippen LogP contribution in [0.5, 0.6) is 0 Å². The summed E-state index contributed by atoms with van der Waals surface area (Å²) in [4.78, 5) is 15.0. The second kappa shape index (κ2) is 8.52. The second-order valence-electron chi connectivity index (χ2n) is 6.66. The standard InChI is InChI=1S/C23H26N2O/c1-3-24(18-20-11-5-4-6-12-20)23(26)17-22(25-14-7-8-15-25)21-13-9-10-19(2)16-21/h4-16,22H,3,17-18H2,1-2H3. The molecule has 1 aromatic heterocycles. The molecule has 26 heavy (non-hydrogen) atoms. The summed E-state index contributed by atoms with van der Waals surface area (Å²) in [6.07, 6.45) is 4.53. The summed E-state index contributed by atoms with van der Waals surface area (Å²) in [5.41, 5.74) is 3.55. The minimum atomic E-state index is 0.0159. The minimum absolute atomic E-state index is 0.0159. The number of hydrogen-bond donors (Lipinski definition) is 0. The average Bonchev–Trinajstić information content (AvgIpc) is 3.19. The van der Waals surface area contributed by atoms with Crippen LogP contribution < -0.4 is 0 Å². The molecular formula is C23H26N2O. The van der Waals surface area contributed by atoms with Crippen molar-refractivity contribution in [3.63, 3.8) is 0 Å². The molecule has 0 fully saturated rings. The summed E-state index contributed by atoms with van der Waals surface area (Å²) in [6, 6.07) is 22.6. The molecule has 0 aliphatic carbocycles. The van der Waals surface area contributed by atoms with E-state index in [2.05, 4.69) is 47.9 Å². The fourth-order valence-electron chi connectivity index (χ4n) is 3.30. The van der Waals surface area contributed by atoms with E-state index in [0.717, 1.165) is 5.56 Å². The van der Waals surface area contributed by atoms with Crippen molar-refractivity contribution in [1.82, 2.24) is 9.47 Å². The van der Waals surface area contributed by atoms with Crippen LogP contribution in [-0.2, 0) is 11.3 Å². The smallest absolute Gasteiger partial charge is 0.225 e. The van der Waals surface area contributed by atoms with E-state index in [-0.39, 0.29) is 11.9 Å². The molecule has 0 aliphatic heterocycles. The van der Waals surface area contributed by atoms with Gasteiger partial charge in [-0.25, -0.2) is 0 Å². The first-order valence-corrected chi connectivity index (χ1v) is 9.18. The summed E-state index contributed by atoms with van der Waals surface area (Å²) in [5.74, 6) is 0.177. The predicted molar refractivity (Wildman–Crippen MR) is 106 cm³/mol. The van der Waals surface area contributed by atoms with Crippen LogP contribution in [-0.4, -0.2) is 21.9 Å². The molecule has 1 atom stereocenters. The predicted octanol–water partition coefficient (Wildman–Crippen LogP) is 4.82. The number of aryl methyl sites for hydroxylation is 1. The number of nitrogens with zero attached hydrogens (tertiary/aromatic N) is 2. The van der Waals surface area contributed by atoms with E-state index in [0.29, 0.717) is 19.5 Å². The first-order valence-electron chi connectivity index (χ1n) is 9.18. The van der Waals surface area contributed by atoms with Gasteiger partial charge >= 0.3 is 0 Å². The Morgan fingerprint density at radius 2 is 1.73 bits per heavy atom. The van der Waals surface area contributed by atoms with Crippen molar-refractivity contribution in [2.24, 2.45) is 0 Å². The van der Waals surface area contributed by atoms with Crippen molar-refractivity contribution in [2.45, 2.75) is 32.9 Å². The first kappa shape index (κ1) is 18.0. The van der Waals surface area contributed by atoms with E-state index in [1.807, 2.05) is 54.5 Å². The summed E-state index contributed by atoms with van der Waals surface area (Å²) in [7, 11) is 0. The van der Waals surface area contributed by atoms with Crippen LogP contribution in [0.2, 0.25) is 0 Å². The molecule has 1 unspecified atom stereocenters. The molecule has 0 bridgehead atoms. The average molecular weight is 346 g/mol. The molecule has 3 nitrogen and oxygen atoms in total. The maximum atomic E-state index is 13.1. The van der Waals surface area contributed by atoms with Crippen LogP contribution in [0.15, 0.2) is 79.1 Å². The lowest BCUT2D eigenvalue weighted by atomic mass is 10.0. The summed E-state index contributed by atoms with van der Waals surface area (Å²) in [5, 5.41) is 0. The summed E-state index contributed by atoms with van der Waals surface area (Å²) < 4.78 is 2.13. The highest BCUT2D eigenvalue weighted by Gasteiger charge is 2.21. The van der Waals surface area contributed by atoms with Crippen molar-refractivity contribution < 1.29 is 4.79 Å². The fraction of sp³-hybridized carbons (Fsp3) is 0.261. The Hall–Kier alpha value is -2.81. The molecule has 3 rings (SSSR count). The van der Waals surface area contributed by atoms with E-state index >= 15 is 0 Å². The number of amides is 1. The third-order valence-corrected chi connectivity index (χ3v) is 4.73. The van der Waals surface area contributed by atoms with Crippen molar-refractivity contribution in [2.75, 3.05) is 6.54 Å². The Morgan fingerprint density at radius 3 is 2.38 bits per heavy atom. The topological polar surface area (TPSA) is 25.2 Å². The van der Waals surface area contributed by atoms with Crippen molar-refractivity contribution >= 4 is 5.91 Å². The van der Waals surface area contributed by atoms with Crippen LogP contribution in [0, 0.1) is 6.92 Å². The lowest BCUT2D eigenvalue weighted by molar-refractivity contribution is -0.132. The third kappa shape index (κ3) is 4.42. The summed E-state index contributed by atoms with van der Waals surface area (Å²) in [6.45, 7) is 5.49. The zero-order valence-electron chi connectivity index (χ0n) is 15.5. The van der Waals surface area contributed by atoms with E-state index in [1.54, 1.807) is 0 Å². The Labute approximate surface area is 155 Å². The highest BCUT2D eigenvalue weighted by Crippen LogP contribution is 2.24. The van der Waals surface area contributed by atoms with Gasteiger partial charge in [-0.1, -0.05) is 60.2 Å². The highest BCUT2D eigenvalue weighted by molar-refractivity contribution is 5.77. The van der Waals surface area contributed by atoms with Crippen molar-refractivity contribution in [3.8, 4) is 0 Å². The molecule has 134 valence electrons. The van der Waals surface area contributed by atoms with E-state index in [4.69, 9.17) is 0 Å². The monoisotopic (exact) mass is 346 g/mol. The largest absolute Gasteiger partial charge is 0.346 e. The van der Waals surface area contributed by atoms with Crippen LogP contribution in [0.3, 0.4) is 0 Å². The molecule has 0 saturated heterocycles. The van der Waals surface area contributed by atoms with Gasteiger partial charge < -0.3 is 9.47 Å².